The van der Waals surface area contributed by atoms with E-state index in [2.05, 4.69) is 5.32 Å². The van der Waals surface area contributed by atoms with Crippen LogP contribution in [0.1, 0.15) is 12.5 Å². The maximum atomic E-state index is 12.2. The molecule has 0 bridgehead atoms. The Hall–Kier alpha value is -2.15. The van der Waals surface area contributed by atoms with Crippen molar-refractivity contribution in [2.75, 3.05) is 5.32 Å². The van der Waals surface area contributed by atoms with Gasteiger partial charge in [0.25, 0.3) is 11.6 Å². The minimum Gasteiger partial charge on any atom is -0.333 e. The van der Waals surface area contributed by atoms with Gasteiger partial charge in [0.2, 0.25) is 0 Å². The van der Waals surface area contributed by atoms with Crippen LogP contribution in [0, 0.1) is 10.1 Å². The molecule has 0 unspecified atom stereocenters. The lowest BCUT2D eigenvalue weighted by atomic mass is 10.2. The van der Waals surface area contributed by atoms with E-state index in [4.69, 9.17) is 23.2 Å². The number of nitrogens with zero attached hydrogens (tertiary/aromatic N) is 1. The van der Waals surface area contributed by atoms with E-state index in [9.17, 15) is 14.9 Å². The molecule has 126 valence electrons. The number of carbonyl (C=O) groups is 1. The molecule has 0 aliphatic rings. The highest BCUT2D eigenvalue weighted by molar-refractivity contribution is 6.34. The normalized spacial score (nSPS) is 11.8. The van der Waals surface area contributed by atoms with Crippen LogP contribution < -0.4 is 10.6 Å². The Morgan fingerprint density at radius 2 is 2.04 bits per heavy atom. The number of carbonyl (C=O) groups excluding carboxylic acids is 1. The lowest BCUT2D eigenvalue weighted by Gasteiger charge is -2.12. The van der Waals surface area contributed by atoms with Gasteiger partial charge in [0.05, 0.1) is 15.6 Å². The molecule has 24 heavy (non-hydrogen) atoms. The molecule has 0 radical (unpaired) electrons. The first-order chi connectivity index (χ1) is 11.4. The van der Waals surface area contributed by atoms with E-state index in [-0.39, 0.29) is 22.7 Å². The molecule has 1 atom stereocenters. The summed E-state index contributed by atoms with van der Waals surface area (Å²) in [5.41, 5.74) is 1.23. The molecule has 0 fully saturated rings. The number of anilines is 1. The van der Waals surface area contributed by atoms with Crippen LogP contribution >= 0.6 is 23.2 Å². The number of halogens is 2. The van der Waals surface area contributed by atoms with Crippen LogP contribution in [0.4, 0.5) is 11.4 Å². The van der Waals surface area contributed by atoms with Gasteiger partial charge in [-0.3, -0.25) is 14.9 Å². The van der Waals surface area contributed by atoms with Crippen molar-refractivity contribution >= 4 is 40.5 Å². The zero-order valence-corrected chi connectivity index (χ0v) is 14.3. The number of hydrogen-bond donors (Lipinski definition) is 2. The highest BCUT2D eigenvalue weighted by Gasteiger charge is 2.18. The van der Waals surface area contributed by atoms with Crippen LogP contribution in [-0.4, -0.2) is 16.9 Å². The van der Waals surface area contributed by atoms with Crippen LogP contribution in [0.15, 0.2) is 42.5 Å². The summed E-state index contributed by atoms with van der Waals surface area (Å²) in [6.07, 6.45) is 0. The van der Waals surface area contributed by atoms with Crippen LogP contribution in [-0.2, 0) is 11.3 Å². The van der Waals surface area contributed by atoms with Gasteiger partial charge in [-0.2, -0.15) is 0 Å². The molecule has 0 spiro atoms. The highest BCUT2D eigenvalue weighted by atomic mass is 35.5. The first-order valence-electron chi connectivity index (χ1n) is 7.19. The number of hydrogen-bond acceptors (Lipinski definition) is 3. The Balaban J connectivity index is 1.95. The molecule has 0 saturated heterocycles. The number of quaternary nitrogens is 1. The van der Waals surface area contributed by atoms with E-state index < -0.39 is 4.92 Å². The number of nitro groups is 1. The molecular formula is C16H16Cl2N3O3+. The van der Waals surface area contributed by atoms with Crippen molar-refractivity contribution in [2.45, 2.75) is 19.5 Å². The topological polar surface area (TPSA) is 88.8 Å². The smallest absolute Gasteiger partial charge is 0.282 e. The first-order valence-corrected chi connectivity index (χ1v) is 7.95. The van der Waals surface area contributed by atoms with Crippen molar-refractivity contribution in [2.24, 2.45) is 0 Å². The quantitative estimate of drug-likeness (QED) is 0.606. The number of non-ortho nitro benzene ring substituents is 1. The Labute approximate surface area is 148 Å². The Morgan fingerprint density at radius 1 is 1.29 bits per heavy atom. The predicted octanol–water partition coefficient (Wildman–Crippen LogP) is 2.99. The van der Waals surface area contributed by atoms with Crippen molar-refractivity contribution in [3.63, 3.8) is 0 Å². The standard InChI is InChI=1S/C16H15Cl2N3O3/c1-10(19-9-11-3-2-4-12(17)7-11)16(22)20-15-6-5-13(21(23)24)8-14(15)18/h2-8,10,19H,9H2,1H3,(H,20,22)/p+1/t10-/m1/s1. The van der Waals surface area contributed by atoms with E-state index in [1.165, 1.54) is 18.2 Å². The van der Waals surface area contributed by atoms with E-state index in [1.54, 1.807) is 13.0 Å². The largest absolute Gasteiger partial charge is 0.333 e. The molecule has 0 aliphatic carbocycles. The Kier molecular flexibility index (Phi) is 6.14. The zero-order chi connectivity index (χ0) is 17.7. The third-order valence-corrected chi connectivity index (χ3v) is 3.98. The summed E-state index contributed by atoms with van der Waals surface area (Å²) in [4.78, 5) is 22.4. The second-order valence-corrected chi connectivity index (χ2v) is 6.11. The van der Waals surface area contributed by atoms with Crippen LogP contribution in [0.5, 0.6) is 0 Å². The van der Waals surface area contributed by atoms with Crippen molar-refractivity contribution in [3.8, 4) is 0 Å². The first kappa shape index (κ1) is 18.2. The fourth-order valence-corrected chi connectivity index (χ4v) is 2.48. The van der Waals surface area contributed by atoms with Gasteiger partial charge in [-0.1, -0.05) is 35.3 Å². The van der Waals surface area contributed by atoms with Gasteiger partial charge in [0, 0.05) is 22.7 Å². The summed E-state index contributed by atoms with van der Waals surface area (Å²) in [7, 11) is 0. The van der Waals surface area contributed by atoms with Gasteiger partial charge in [-0.25, -0.2) is 0 Å². The summed E-state index contributed by atoms with van der Waals surface area (Å²) in [5.74, 6) is -0.243. The highest BCUT2D eigenvalue weighted by Crippen LogP contribution is 2.26. The van der Waals surface area contributed by atoms with E-state index in [0.29, 0.717) is 17.3 Å². The van der Waals surface area contributed by atoms with Gasteiger partial charge < -0.3 is 10.6 Å². The van der Waals surface area contributed by atoms with Crippen molar-refractivity contribution < 1.29 is 15.0 Å². The van der Waals surface area contributed by atoms with E-state index in [1.807, 2.05) is 23.5 Å². The molecule has 3 N–H and O–H groups in total. The fraction of sp³-hybridized carbons (Fsp3) is 0.188. The SMILES string of the molecule is C[C@@H]([NH2+]Cc1cccc(Cl)c1)C(=O)Nc1ccc([N+](=O)[O-])cc1Cl. The molecular weight excluding hydrogens is 353 g/mol. The number of benzene rings is 2. The van der Waals surface area contributed by atoms with Crippen LogP contribution in [0.3, 0.4) is 0 Å². The molecule has 0 aromatic heterocycles. The third kappa shape index (κ3) is 4.92. The number of nitrogens with one attached hydrogen (secondary N) is 1. The lowest BCUT2D eigenvalue weighted by Crippen LogP contribution is -2.90. The van der Waals surface area contributed by atoms with Crippen molar-refractivity contribution in [3.05, 3.63) is 68.2 Å². The Morgan fingerprint density at radius 3 is 2.67 bits per heavy atom. The van der Waals surface area contributed by atoms with Crippen LogP contribution in [0.2, 0.25) is 10.0 Å². The summed E-state index contributed by atoms with van der Waals surface area (Å²) in [6.45, 7) is 2.36. The second-order valence-electron chi connectivity index (χ2n) is 5.27. The van der Waals surface area contributed by atoms with E-state index in [0.717, 1.165) is 5.56 Å². The number of amides is 1. The predicted molar refractivity (Wildman–Crippen MR) is 93.3 cm³/mol. The summed E-state index contributed by atoms with van der Waals surface area (Å²) < 4.78 is 0. The minimum atomic E-state index is -0.543. The second kappa shape index (κ2) is 8.10. The van der Waals surface area contributed by atoms with Gasteiger partial charge in [-0.05, 0) is 25.1 Å². The number of nitro benzene ring substituents is 1. The molecule has 8 heteroatoms. The monoisotopic (exact) mass is 368 g/mol. The van der Waals surface area contributed by atoms with E-state index >= 15 is 0 Å². The van der Waals surface area contributed by atoms with Gasteiger partial charge in [0.15, 0.2) is 6.04 Å². The summed E-state index contributed by atoms with van der Waals surface area (Å²) >= 11 is 11.9. The maximum Gasteiger partial charge on any atom is 0.282 e. The molecule has 1 amide bonds. The summed E-state index contributed by atoms with van der Waals surface area (Å²) in [5, 5.41) is 16.0. The molecule has 2 rings (SSSR count). The average Bonchev–Trinajstić information content (AvgIpc) is 2.54. The number of nitrogens with two attached hydrogens (primary N) is 1. The molecule has 0 heterocycles. The molecule has 6 nitrogen and oxygen atoms in total. The van der Waals surface area contributed by atoms with Crippen LogP contribution in [0.25, 0.3) is 0 Å². The van der Waals surface area contributed by atoms with Gasteiger partial charge in [-0.15, -0.1) is 0 Å². The van der Waals surface area contributed by atoms with Gasteiger partial charge >= 0.3 is 0 Å². The van der Waals surface area contributed by atoms with Crippen molar-refractivity contribution in [1.29, 1.82) is 0 Å². The fourth-order valence-electron chi connectivity index (χ4n) is 2.05. The van der Waals surface area contributed by atoms with Gasteiger partial charge in [0.1, 0.15) is 6.54 Å². The summed E-state index contributed by atoms with van der Waals surface area (Å²) in [6, 6.07) is 11.0. The molecule has 0 aliphatic heterocycles. The molecule has 2 aromatic carbocycles. The third-order valence-electron chi connectivity index (χ3n) is 3.43. The molecule has 2 aromatic rings. The zero-order valence-electron chi connectivity index (χ0n) is 12.8. The molecule has 0 saturated carbocycles. The number of rotatable bonds is 6. The Bertz CT molecular complexity index is 768. The van der Waals surface area contributed by atoms with Crippen molar-refractivity contribution in [1.82, 2.24) is 0 Å². The average molecular weight is 369 g/mol. The lowest BCUT2D eigenvalue weighted by molar-refractivity contribution is -0.688. The minimum absolute atomic E-state index is 0.125. The maximum absolute atomic E-state index is 12.2.